The van der Waals surface area contributed by atoms with Crippen molar-refractivity contribution < 1.29 is 4.74 Å². The molecule has 0 aliphatic carbocycles. The SMILES string of the molecule is COc1ccc(-c2nc3s/c(=C\c4ccc(C(C)C)cc4)c(=O)n3n2)cc1. The number of aromatic nitrogens is 3. The summed E-state index contributed by atoms with van der Waals surface area (Å²) in [5.74, 6) is 1.79. The molecular weight excluding hydrogens is 358 g/mol. The lowest BCUT2D eigenvalue weighted by Crippen LogP contribution is -2.23. The first-order chi connectivity index (χ1) is 13.0. The summed E-state index contributed by atoms with van der Waals surface area (Å²) in [5.41, 5.74) is 2.98. The molecule has 136 valence electrons. The molecule has 0 spiro atoms. The predicted octanol–water partition coefficient (Wildman–Crippen LogP) is 3.50. The highest BCUT2D eigenvalue weighted by atomic mass is 32.1. The van der Waals surface area contributed by atoms with Crippen LogP contribution in [-0.4, -0.2) is 21.7 Å². The van der Waals surface area contributed by atoms with E-state index >= 15 is 0 Å². The lowest BCUT2D eigenvalue weighted by Gasteiger charge is -2.04. The second-order valence-electron chi connectivity index (χ2n) is 6.60. The lowest BCUT2D eigenvalue weighted by molar-refractivity contribution is 0.415. The Morgan fingerprint density at radius 3 is 2.37 bits per heavy atom. The van der Waals surface area contributed by atoms with E-state index < -0.39 is 0 Å². The third-order valence-corrected chi connectivity index (χ3v) is 5.39. The van der Waals surface area contributed by atoms with Gasteiger partial charge in [-0.15, -0.1) is 5.10 Å². The minimum Gasteiger partial charge on any atom is -0.497 e. The van der Waals surface area contributed by atoms with Gasteiger partial charge in [0.25, 0.3) is 5.56 Å². The molecule has 0 N–H and O–H groups in total. The van der Waals surface area contributed by atoms with Crippen molar-refractivity contribution in [3.05, 3.63) is 74.5 Å². The van der Waals surface area contributed by atoms with E-state index in [1.807, 2.05) is 42.5 Å². The number of rotatable bonds is 4. The second kappa shape index (κ2) is 6.96. The van der Waals surface area contributed by atoms with Crippen LogP contribution in [0.25, 0.3) is 22.4 Å². The summed E-state index contributed by atoms with van der Waals surface area (Å²) in [6.07, 6.45) is 1.89. The van der Waals surface area contributed by atoms with Gasteiger partial charge in [0.15, 0.2) is 5.82 Å². The highest BCUT2D eigenvalue weighted by Gasteiger charge is 2.12. The van der Waals surface area contributed by atoms with Crippen molar-refractivity contribution in [3.63, 3.8) is 0 Å². The third-order valence-electron chi connectivity index (χ3n) is 4.43. The molecule has 4 rings (SSSR count). The van der Waals surface area contributed by atoms with Gasteiger partial charge in [0.2, 0.25) is 4.96 Å². The first-order valence-corrected chi connectivity index (χ1v) is 9.52. The molecule has 2 aromatic heterocycles. The molecule has 0 atom stereocenters. The molecule has 0 aliphatic rings. The molecule has 0 saturated heterocycles. The topological polar surface area (TPSA) is 56.5 Å². The maximum absolute atomic E-state index is 12.7. The normalized spacial score (nSPS) is 12.2. The van der Waals surface area contributed by atoms with Crippen molar-refractivity contribution in [1.82, 2.24) is 14.6 Å². The molecule has 27 heavy (non-hydrogen) atoms. The molecule has 0 fully saturated rings. The van der Waals surface area contributed by atoms with Gasteiger partial charge < -0.3 is 4.74 Å². The summed E-state index contributed by atoms with van der Waals surface area (Å²) in [5, 5.41) is 4.38. The summed E-state index contributed by atoms with van der Waals surface area (Å²) in [6, 6.07) is 15.7. The zero-order valence-corrected chi connectivity index (χ0v) is 16.2. The average Bonchev–Trinajstić information content (AvgIpc) is 3.22. The van der Waals surface area contributed by atoms with Gasteiger partial charge in [0, 0.05) is 5.56 Å². The van der Waals surface area contributed by atoms with Gasteiger partial charge in [-0.1, -0.05) is 49.4 Å². The Bertz CT molecular complexity index is 1190. The molecule has 2 heterocycles. The summed E-state index contributed by atoms with van der Waals surface area (Å²) in [7, 11) is 1.62. The molecule has 0 radical (unpaired) electrons. The van der Waals surface area contributed by atoms with Crippen LogP contribution in [0.5, 0.6) is 5.75 Å². The van der Waals surface area contributed by atoms with Crippen molar-refractivity contribution in [3.8, 4) is 17.1 Å². The Morgan fingerprint density at radius 1 is 1.07 bits per heavy atom. The van der Waals surface area contributed by atoms with Crippen LogP contribution in [0.4, 0.5) is 0 Å². The lowest BCUT2D eigenvalue weighted by atomic mass is 10.0. The van der Waals surface area contributed by atoms with Crippen molar-refractivity contribution in [2.45, 2.75) is 19.8 Å². The zero-order valence-electron chi connectivity index (χ0n) is 15.3. The van der Waals surface area contributed by atoms with Gasteiger partial charge in [0.1, 0.15) is 5.75 Å². The monoisotopic (exact) mass is 377 g/mol. The average molecular weight is 377 g/mol. The maximum Gasteiger partial charge on any atom is 0.291 e. The smallest absolute Gasteiger partial charge is 0.291 e. The highest BCUT2D eigenvalue weighted by molar-refractivity contribution is 7.15. The van der Waals surface area contributed by atoms with Gasteiger partial charge >= 0.3 is 0 Å². The Morgan fingerprint density at radius 2 is 1.78 bits per heavy atom. The van der Waals surface area contributed by atoms with Crippen molar-refractivity contribution >= 4 is 22.4 Å². The van der Waals surface area contributed by atoms with E-state index in [0.717, 1.165) is 16.9 Å². The molecule has 5 nitrogen and oxygen atoms in total. The number of thiazole rings is 1. The number of hydrogen-bond donors (Lipinski definition) is 0. The Kier molecular flexibility index (Phi) is 4.49. The van der Waals surface area contributed by atoms with Gasteiger partial charge in [0.05, 0.1) is 11.6 Å². The molecule has 2 aromatic carbocycles. The van der Waals surface area contributed by atoms with Crippen LogP contribution >= 0.6 is 11.3 Å². The fraction of sp³-hybridized carbons (Fsp3) is 0.190. The van der Waals surface area contributed by atoms with E-state index in [0.29, 0.717) is 21.2 Å². The molecule has 4 aromatic rings. The fourth-order valence-corrected chi connectivity index (χ4v) is 3.73. The van der Waals surface area contributed by atoms with Crippen LogP contribution < -0.4 is 14.8 Å². The highest BCUT2D eigenvalue weighted by Crippen LogP contribution is 2.20. The van der Waals surface area contributed by atoms with Crippen molar-refractivity contribution in [2.24, 2.45) is 0 Å². The van der Waals surface area contributed by atoms with Crippen molar-refractivity contribution in [2.75, 3.05) is 7.11 Å². The van der Waals surface area contributed by atoms with Crippen LogP contribution in [0, 0.1) is 0 Å². The van der Waals surface area contributed by atoms with Crippen LogP contribution in [0.2, 0.25) is 0 Å². The van der Waals surface area contributed by atoms with E-state index in [1.54, 1.807) is 7.11 Å². The summed E-state index contributed by atoms with van der Waals surface area (Å²) >= 11 is 1.35. The number of benzene rings is 2. The number of hydrogen-bond acceptors (Lipinski definition) is 5. The fourth-order valence-electron chi connectivity index (χ4n) is 2.82. The van der Waals surface area contributed by atoms with E-state index in [2.05, 4.69) is 36.1 Å². The first kappa shape index (κ1) is 17.4. The van der Waals surface area contributed by atoms with Crippen LogP contribution in [0.15, 0.2) is 53.3 Å². The first-order valence-electron chi connectivity index (χ1n) is 8.71. The van der Waals surface area contributed by atoms with Gasteiger partial charge in [-0.25, -0.2) is 0 Å². The van der Waals surface area contributed by atoms with Crippen LogP contribution in [0.3, 0.4) is 0 Å². The molecule has 0 amide bonds. The predicted molar refractivity (Wildman–Crippen MR) is 108 cm³/mol. The van der Waals surface area contributed by atoms with Gasteiger partial charge in [-0.3, -0.25) is 4.79 Å². The Hall–Kier alpha value is -2.99. The number of fused-ring (bicyclic) bond motifs is 1. The van der Waals surface area contributed by atoms with Gasteiger partial charge in [-0.2, -0.15) is 9.50 Å². The largest absolute Gasteiger partial charge is 0.497 e. The second-order valence-corrected chi connectivity index (χ2v) is 7.60. The van der Waals surface area contributed by atoms with E-state index in [-0.39, 0.29) is 5.56 Å². The van der Waals surface area contributed by atoms with Crippen molar-refractivity contribution in [1.29, 1.82) is 0 Å². The number of nitrogens with zero attached hydrogens (tertiary/aromatic N) is 3. The molecular formula is C21H19N3O2S. The van der Waals surface area contributed by atoms with Gasteiger partial charge in [-0.05, 0) is 47.4 Å². The van der Waals surface area contributed by atoms with Crippen LogP contribution in [0.1, 0.15) is 30.9 Å². The zero-order chi connectivity index (χ0) is 19.0. The summed E-state index contributed by atoms with van der Waals surface area (Å²) < 4.78 is 7.16. The Labute approximate surface area is 160 Å². The molecule has 0 aliphatic heterocycles. The molecule has 6 heteroatoms. The molecule has 0 saturated carbocycles. The maximum atomic E-state index is 12.7. The Balaban J connectivity index is 1.70. The minimum absolute atomic E-state index is 0.143. The summed E-state index contributed by atoms with van der Waals surface area (Å²) in [6.45, 7) is 4.32. The summed E-state index contributed by atoms with van der Waals surface area (Å²) in [4.78, 5) is 17.8. The van der Waals surface area contributed by atoms with E-state index in [9.17, 15) is 4.79 Å². The quantitative estimate of drug-likeness (QED) is 0.546. The van der Waals surface area contributed by atoms with Crippen LogP contribution in [-0.2, 0) is 0 Å². The van der Waals surface area contributed by atoms with E-state index in [4.69, 9.17) is 4.74 Å². The minimum atomic E-state index is -0.143. The third kappa shape index (κ3) is 3.36. The molecule has 0 bridgehead atoms. The van der Waals surface area contributed by atoms with E-state index in [1.165, 1.54) is 21.4 Å². The standard InChI is InChI=1S/C21H19N3O2S/c1-13(2)15-6-4-14(5-7-15)12-18-20(25)24-21(27-18)22-19(23-24)16-8-10-17(26-3)11-9-16/h4-13H,1-3H3/b18-12-. The number of methoxy groups -OCH3 is 1. The molecule has 0 unspecified atom stereocenters. The number of ether oxygens (including phenoxy) is 1.